The molecule has 1 aromatic carbocycles. The van der Waals surface area contributed by atoms with Gasteiger partial charge in [-0.2, -0.15) is 0 Å². The SMILES string of the molecule is CNCc1cc(F)ccc1OC(C)C(=O)NCCCOC. The molecule has 0 bridgehead atoms. The normalized spacial score (nSPS) is 12.0. The molecule has 1 amide bonds. The summed E-state index contributed by atoms with van der Waals surface area (Å²) in [7, 11) is 3.38. The smallest absolute Gasteiger partial charge is 0.260 e. The van der Waals surface area contributed by atoms with Gasteiger partial charge in [-0.15, -0.1) is 0 Å². The molecule has 1 rings (SSSR count). The van der Waals surface area contributed by atoms with E-state index in [0.717, 1.165) is 6.42 Å². The molecule has 1 atom stereocenters. The standard InChI is InChI=1S/C15H23FN2O3/c1-11(15(19)18-7-4-8-20-3)21-14-6-5-13(16)9-12(14)10-17-2/h5-6,9,11,17H,4,7-8,10H2,1-3H3,(H,18,19). The van der Waals surface area contributed by atoms with Crippen LogP contribution < -0.4 is 15.4 Å². The topological polar surface area (TPSA) is 59.6 Å². The average molecular weight is 298 g/mol. The van der Waals surface area contributed by atoms with Crippen LogP contribution in [0.15, 0.2) is 18.2 Å². The van der Waals surface area contributed by atoms with Crippen molar-refractivity contribution in [3.63, 3.8) is 0 Å². The maximum atomic E-state index is 13.2. The lowest BCUT2D eigenvalue weighted by atomic mass is 10.2. The molecular weight excluding hydrogens is 275 g/mol. The van der Waals surface area contributed by atoms with Gasteiger partial charge in [-0.3, -0.25) is 4.79 Å². The third kappa shape index (κ3) is 6.10. The summed E-state index contributed by atoms with van der Waals surface area (Å²) in [5.74, 6) is -0.0274. The van der Waals surface area contributed by atoms with Crippen LogP contribution in [0.25, 0.3) is 0 Å². The summed E-state index contributed by atoms with van der Waals surface area (Å²) in [6.45, 7) is 3.26. The molecule has 0 aromatic heterocycles. The van der Waals surface area contributed by atoms with Crippen molar-refractivity contribution in [1.82, 2.24) is 10.6 Å². The van der Waals surface area contributed by atoms with E-state index < -0.39 is 6.10 Å². The monoisotopic (exact) mass is 298 g/mol. The minimum atomic E-state index is -0.645. The minimum absolute atomic E-state index is 0.203. The molecule has 0 saturated carbocycles. The van der Waals surface area contributed by atoms with Crippen molar-refractivity contribution in [3.8, 4) is 5.75 Å². The first kappa shape index (κ1) is 17.4. The number of nitrogens with one attached hydrogen (secondary N) is 2. The van der Waals surface area contributed by atoms with Gasteiger partial charge in [0.05, 0.1) is 0 Å². The van der Waals surface area contributed by atoms with Crippen LogP contribution in [0.5, 0.6) is 5.75 Å². The Morgan fingerprint density at radius 2 is 2.19 bits per heavy atom. The third-order valence-electron chi connectivity index (χ3n) is 2.89. The van der Waals surface area contributed by atoms with Gasteiger partial charge >= 0.3 is 0 Å². The first-order chi connectivity index (χ1) is 10.1. The predicted octanol–water partition coefficient (Wildman–Crippen LogP) is 1.47. The fourth-order valence-corrected chi connectivity index (χ4v) is 1.81. The Balaban J connectivity index is 2.57. The Bertz CT molecular complexity index is 455. The Hall–Kier alpha value is -1.66. The van der Waals surface area contributed by atoms with Crippen molar-refractivity contribution >= 4 is 5.91 Å². The van der Waals surface area contributed by atoms with Crippen LogP contribution in [0.2, 0.25) is 0 Å². The number of amides is 1. The number of hydrogen-bond donors (Lipinski definition) is 2. The Morgan fingerprint density at radius 3 is 2.86 bits per heavy atom. The van der Waals surface area contributed by atoms with E-state index in [1.807, 2.05) is 0 Å². The van der Waals surface area contributed by atoms with Crippen LogP contribution in [-0.4, -0.2) is 39.3 Å². The highest BCUT2D eigenvalue weighted by Gasteiger charge is 2.16. The highest BCUT2D eigenvalue weighted by molar-refractivity contribution is 5.80. The number of benzene rings is 1. The van der Waals surface area contributed by atoms with Crippen molar-refractivity contribution in [2.24, 2.45) is 0 Å². The van der Waals surface area contributed by atoms with E-state index in [-0.39, 0.29) is 11.7 Å². The number of rotatable bonds is 9. The predicted molar refractivity (Wildman–Crippen MR) is 78.8 cm³/mol. The fraction of sp³-hybridized carbons (Fsp3) is 0.533. The van der Waals surface area contributed by atoms with Crippen LogP contribution in [0, 0.1) is 5.82 Å². The summed E-state index contributed by atoms with van der Waals surface area (Å²) in [6.07, 6.45) is 0.102. The van der Waals surface area contributed by atoms with Gasteiger partial charge < -0.3 is 20.1 Å². The lowest BCUT2D eigenvalue weighted by Crippen LogP contribution is -2.37. The van der Waals surface area contributed by atoms with Gasteiger partial charge in [-0.05, 0) is 38.6 Å². The second kappa shape index (κ2) is 9.31. The van der Waals surface area contributed by atoms with Crippen LogP contribution in [0.1, 0.15) is 18.9 Å². The second-order valence-corrected chi connectivity index (χ2v) is 4.68. The summed E-state index contributed by atoms with van der Waals surface area (Å²) in [4.78, 5) is 11.9. The van der Waals surface area contributed by atoms with Crippen LogP contribution in [0.3, 0.4) is 0 Å². The molecule has 118 valence electrons. The molecule has 0 radical (unpaired) electrons. The van der Waals surface area contributed by atoms with E-state index in [4.69, 9.17) is 9.47 Å². The van der Waals surface area contributed by atoms with Crippen molar-refractivity contribution in [2.45, 2.75) is 26.0 Å². The quantitative estimate of drug-likeness (QED) is 0.678. The molecule has 1 aromatic rings. The maximum absolute atomic E-state index is 13.2. The molecule has 0 saturated heterocycles. The summed E-state index contributed by atoms with van der Waals surface area (Å²) in [6, 6.07) is 4.25. The zero-order valence-electron chi connectivity index (χ0n) is 12.7. The van der Waals surface area contributed by atoms with E-state index >= 15 is 0 Å². The molecule has 1 unspecified atom stereocenters. The molecular formula is C15H23FN2O3. The Kier molecular flexibility index (Phi) is 7.71. The van der Waals surface area contributed by atoms with Gasteiger partial charge in [0.1, 0.15) is 11.6 Å². The number of carbonyl (C=O) groups is 1. The van der Waals surface area contributed by atoms with Gasteiger partial charge in [0.25, 0.3) is 5.91 Å². The van der Waals surface area contributed by atoms with Gasteiger partial charge in [-0.1, -0.05) is 0 Å². The zero-order chi connectivity index (χ0) is 15.7. The molecule has 0 fully saturated rings. The van der Waals surface area contributed by atoms with Gasteiger partial charge in [0.2, 0.25) is 0 Å². The second-order valence-electron chi connectivity index (χ2n) is 4.68. The molecule has 21 heavy (non-hydrogen) atoms. The van der Waals surface area contributed by atoms with E-state index in [1.165, 1.54) is 18.2 Å². The van der Waals surface area contributed by atoms with Crippen LogP contribution >= 0.6 is 0 Å². The summed E-state index contributed by atoms with van der Waals surface area (Å²) in [5, 5.41) is 5.71. The molecule has 0 heterocycles. The van der Waals surface area contributed by atoms with E-state index in [2.05, 4.69) is 10.6 Å². The number of methoxy groups -OCH3 is 1. The first-order valence-electron chi connectivity index (χ1n) is 6.94. The lowest BCUT2D eigenvalue weighted by Gasteiger charge is -2.17. The molecule has 6 heteroatoms. The fourth-order valence-electron chi connectivity index (χ4n) is 1.81. The molecule has 0 aliphatic heterocycles. The van der Waals surface area contributed by atoms with Crippen molar-refractivity contribution in [1.29, 1.82) is 0 Å². The number of carbonyl (C=O) groups excluding carboxylic acids is 1. The largest absolute Gasteiger partial charge is 0.481 e. The maximum Gasteiger partial charge on any atom is 0.260 e. The van der Waals surface area contributed by atoms with E-state index in [1.54, 1.807) is 21.1 Å². The summed E-state index contributed by atoms with van der Waals surface area (Å²) in [5.41, 5.74) is 0.677. The highest BCUT2D eigenvalue weighted by Crippen LogP contribution is 2.21. The third-order valence-corrected chi connectivity index (χ3v) is 2.89. The number of hydrogen-bond acceptors (Lipinski definition) is 4. The minimum Gasteiger partial charge on any atom is -0.481 e. The summed E-state index contributed by atoms with van der Waals surface area (Å²) < 4.78 is 23.8. The molecule has 5 nitrogen and oxygen atoms in total. The zero-order valence-corrected chi connectivity index (χ0v) is 12.7. The number of ether oxygens (including phenoxy) is 2. The van der Waals surface area contributed by atoms with Crippen LogP contribution in [-0.2, 0) is 16.1 Å². The van der Waals surface area contributed by atoms with Crippen molar-refractivity contribution in [3.05, 3.63) is 29.6 Å². The van der Waals surface area contributed by atoms with Gasteiger partial charge in [0.15, 0.2) is 6.10 Å². The van der Waals surface area contributed by atoms with Crippen LogP contribution in [0.4, 0.5) is 4.39 Å². The summed E-state index contributed by atoms with van der Waals surface area (Å²) >= 11 is 0. The number of halogens is 1. The Labute approximate surface area is 124 Å². The first-order valence-corrected chi connectivity index (χ1v) is 6.94. The highest BCUT2D eigenvalue weighted by atomic mass is 19.1. The lowest BCUT2D eigenvalue weighted by molar-refractivity contribution is -0.127. The van der Waals surface area contributed by atoms with E-state index in [9.17, 15) is 9.18 Å². The average Bonchev–Trinajstić information content (AvgIpc) is 2.46. The van der Waals surface area contributed by atoms with Crippen molar-refractivity contribution < 1.29 is 18.7 Å². The van der Waals surface area contributed by atoms with Gasteiger partial charge in [0, 0.05) is 32.4 Å². The molecule has 0 aliphatic rings. The molecule has 0 spiro atoms. The Morgan fingerprint density at radius 1 is 1.43 bits per heavy atom. The molecule has 0 aliphatic carbocycles. The van der Waals surface area contributed by atoms with E-state index in [0.29, 0.717) is 31.0 Å². The molecule has 2 N–H and O–H groups in total. The van der Waals surface area contributed by atoms with Gasteiger partial charge in [-0.25, -0.2) is 4.39 Å². The van der Waals surface area contributed by atoms with Crippen molar-refractivity contribution in [2.75, 3.05) is 27.3 Å².